The van der Waals surface area contributed by atoms with Gasteiger partial charge in [0.15, 0.2) is 0 Å². The Labute approximate surface area is 74.5 Å². The van der Waals surface area contributed by atoms with Crippen molar-refractivity contribution in [2.75, 3.05) is 6.61 Å². The first kappa shape index (κ1) is 9.72. The summed E-state index contributed by atoms with van der Waals surface area (Å²) >= 11 is 0. The number of rotatable bonds is 2. The summed E-state index contributed by atoms with van der Waals surface area (Å²) < 4.78 is 0. The molecule has 0 spiro atoms. The summed E-state index contributed by atoms with van der Waals surface area (Å²) in [5.74, 6) is 1.01. The molecule has 1 rings (SSSR count). The molecule has 2 nitrogen and oxygen atoms in total. The maximum absolute atomic E-state index is 8.99. The molecule has 1 aliphatic rings. The van der Waals surface area contributed by atoms with E-state index >= 15 is 0 Å². The van der Waals surface area contributed by atoms with E-state index < -0.39 is 0 Å². The second kappa shape index (κ2) is 4.61. The molecule has 1 aliphatic carbocycles. The molecular formula is C10H19NO. The molecule has 0 bridgehead atoms. The monoisotopic (exact) mass is 169 g/mol. The van der Waals surface area contributed by atoms with Crippen molar-refractivity contribution in [3.05, 3.63) is 0 Å². The molecule has 0 saturated heterocycles. The summed E-state index contributed by atoms with van der Waals surface area (Å²) in [6, 6.07) is 0. The van der Waals surface area contributed by atoms with Crippen molar-refractivity contribution in [3.63, 3.8) is 0 Å². The van der Waals surface area contributed by atoms with Gasteiger partial charge in [-0.3, -0.25) is 0 Å². The highest BCUT2D eigenvalue weighted by molar-refractivity contribution is 5.81. The maximum Gasteiger partial charge on any atom is 0.0459 e. The van der Waals surface area contributed by atoms with Gasteiger partial charge in [-0.05, 0) is 44.4 Å². The molecule has 0 aromatic carbocycles. The van der Waals surface area contributed by atoms with Gasteiger partial charge in [0.2, 0.25) is 0 Å². The summed E-state index contributed by atoms with van der Waals surface area (Å²) in [4.78, 5) is 0. The molecule has 2 heteroatoms. The standard InChI is InChI=1S/C10H19NO/c1-8(11)10-4-2-3-9(7-12)5-6-10/h9-12H,2-7H2,1H3. The van der Waals surface area contributed by atoms with Gasteiger partial charge in [-0.1, -0.05) is 6.42 Å². The molecule has 1 fully saturated rings. The molecule has 0 aromatic heterocycles. The first-order valence-electron chi connectivity index (χ1n) is 4.90. The molecule has 1 saturated carbocycles. The minimum atomic E-state index is 0.337. The lowest BCUT2D eigenvalue weighted by Crippen LogP contribution is -2.09. The lowest BCUT2D eigenvalue weighted by atomic mass is 9.95. The summed E-state index contributed by atoms with van der Waals surface area (Å²) in [6.07, 6.45) is 5.72. The Balaban J connectivity index is 2.39. The van der Waals surface area contributed by atoms with E-state index in [1.807, 2.05) is 6.92 Å². The van der Waals surface area contributed by atoms with E-state index in [2.05, 4.69) is 0 Å². The summed E-state index contributed by atoms with van der Waals surface area (Å²) in [7, 11) is 0. The Hall–Kier alpha value is -0.370. The summed E-state index contributed by atoms with van der Waals surface area (Å²) in [5.41, 5.74) is 0.827. The number of aliphatic hydroxyl groups excluding tert-OH is 1. The number of hydrogen-bond donors (Lipinski definition) is 2. The van der Waals surface area contributed by atoms with Crippen LogP contribution in [0.5, 0.6) is 0 Å². The quantitative estimate of drug-likeness (QED) is 0.483. The van der Waals surface area contributed by atoms with Crippen LogP contribution in [0, 0.1) is 17.2 Å². The fourth-order valence-corrected chi connectivity index (χ4v) is 1.99. The number of hydrogen-bond acceptors (Lipinski definition) is 2. The van der Waals surface area contributed by atoms with Gasteiger partial charge in [0.25, 0.3) is 0 Å². The predicted octanol–water partition coefficient (Wildman–Crippen LogP) is 2.21. The molecule has 2 N–H and O–H groups in total. The van der Waals surface area contributed by atoms with Crippen LogP contribution >= 0.6 is 0 Å². The minimum Gasteiger partial charge on any atom is -0.396 e. The van der Waals surface area contributed by atoms with Gasteiger partial charge in [-0.2, -0.15) is 0 Å². The van der Waals surface area contributed by atoms with Gasteiger partial charge in [-0.25, -0.2) is 0 Å². The third-order valence-electron chi connectivity index (χ3n) is 2.96. The number of aliphatic hydroxyl groups is 1. The van der Waals surface area contributed by atoms with Crippen molar-refractivity contribution in [1.82, 2.24) is 0 Å². The lowest BCUT2D eigenvalue weighted by molar-refractivity contribution is 0.212. The van der Waals surface area contributed by atoms with Crippen molar-refractivity contribution < 1.29 is 5.11 Å². The van der Waals surface area contributed by atoms with Crippen LogP contribution in [0.4, 0.5) is 0 Å². The largest absolute Gasteiger partial charge is 0.396 e. The average Bonchev–Trinajstić information content (AvgIpc) is 2.28. The Morgan fingerprint density at radius 1 is 1.33 bits per heavy atom. The maximum atomic E-state index is 8.99. The minimum absolute atomic E-state index is 0.337. The van der Waals surface area contributed by atoms with Crippen molar-refractivity contribution in [3.8, 4) is 0 Å². The SMILES string of the molecule is CC(=N)C1CCCC(CO)CC1. The number of nitrogens with one attached hydrogen (secondary N) is 1. The van der Waals surface area contributed by atoms with E-state index in [-0.39, 0.29) is 0 Å². The zero-order valence-electron chi connectivity index (χ0n) is 7.84. The highest BCUT2D eigenvalue weighted by Crippen LogP contribution is 2.27. The summed E-state index contributed by atoms with van der Waals surface area (Å²) in [6.45, 7) is 2.24. The molecule has 12 heavy (non-hydrogen) atoms. The van der Waals surface area contributed by atoms with Crippen LogP contribution in [0.3, 0.4) is 0 Å². The van der Waals surface area contributed by atoms with E-state index in [1.54, 1.807) is 0 Å². The first-order valence-corrected chi connectivity index (χ1v) is 4.90. The third kappa shape index (κ3) is 2.59. The Morgan fingerprint density at radius 3 is 2.67 bits per heavy atom. The van der Waals surface area contributed by atoms with Crippen molar-refractivity contribution in [2.45, 2.75) is 39.0 Å². The highest BCUT2D eigenvalue weighted by Gasteiger charge is 2.19. The van der Waals surface area contributed by atoms with Gasteiger partial charge in [0, 0.05) is 12.3 Å². The van der Waals surface area contributed by atoms with E-state index in [0.717, 1.165) is 31.4 Å². The Kier molecular flexibility index (Phi) is 3.73. The van der Waals surface area contributed by atoms with Gasteiger partial charge >= 0.3 is 0 Å². The summed E-state index contributed by atoms with van der Waals surface area (Å²) in [5, 5.41) is 16.5. The molecule has 70 valence electrons. The van der Waals surface area contributed by atoms with Crippen LogP contribution in [0.25, 0.3) is 0 Å². The van der Waals surface area contributed by atoms with Gasteiger partial charge in [-0.15, -0.1) is 0 Å². The molecule has 2 unspecified atom stereocenters. The van der Waals surface area contributed by atoms with Crippen molar-refractivity contribution >= 4 is 5.71 Å². The van der Waals surface area contributed by atoms with Crippen molar-refractivity contribution in [1.29, 1.82) is 5.41 Å². The van der Waals surface area contributed by atoms with Crippen molar-refractivity contribution in [2.24, 2.45) is 11.8 Å². The van der Waals surface area contributed by atoms with Gasteiger partial charge in [0.05, 0.1) is 0 Å². The van der Waals surface area contributed by atoms with E-state index in [4.69, 9.17) is 10.5 Å². The Bertz CT molecular complexity index is 156. The smallest absolute Gasteiger partial charge is 0.0459 e. The first-order chi connectivity index (χ1) is 5.74. The van der Waals surface area contributed by atoms with Gasteiger partial charge in [0.1, 0.15) is 0 Å². The molecule has 0 amide bonds. The highest BCUT2D eigenvalue weighted by atomic mass is 16.3. The molecule has 0 heterocycles. The zero-order chi connectivity index (χ0) is 8.97. The zero-order valence-corrected chi connectivity index (χ0v) is 7.84. The van der Waals surface area contributed by atoms with Crippen LogP contribution in [0.2, 0.25) is 0 Å². The average molecular weight is 169 g/mol. The molecular weight excluding hydrogens is 150 g/mol. The van der Waals surface area contributed by atoms with Gasteiger partial charge < -0.3 is 10.5 Å². The molecule has 2 atom stereocenters. The molecule has 0 radical (unpaired) electrons. The van der Waals surface area contributed by atoms with E-state index in [9.17, 15) is 0 Å². The Morgan fingerprint density at radius 2 is 2.08 bits per heavy atom. The second-order valence-electron chi connectivity index (χ2n) is 3.94. The van der Waals surface area contributed by atoms with E-state index in [0.29, 0.717) is 18.4 Å². The van der Waals surface area contributed by atoms with Crippen LogP contribution in [-0.2, 0) is 0 Å². The van der Waals surface area contributed by atoms with E-state index in [1.165, 1.54) is 6.42 Å². The topological polar surface area (TPSA) is 44.1 Å². The fraction of sp³-hybridized carbons (Fsp3) is 0.900. The molecule has 0 aromatic rings. The molecule has 0 aliphatic heterocycles. The van der Waals surface area contributed by atoms with Crippen LogP contribution in [0.1, 0.15) is 39.0 Å². The van der Waals surface area contributed by atoms with Crippen LogP contribution < -0.4 is 0 Å². The predicted molar refractivity (Wildman–Crippen MR) is 50.6 cm³/mol. The normalized spacial score (nSPS) is 31.2. The fourth-order valence-electron chi connectivity index (χ4n) is 1.99. The third-order valence-corrected chi connectivity index (χ3v) is 2.96. The second-order valence-corrected chi connectivity index (χ2v) is 3.94. The van der Waals surface area contributed by atoms with Crippen LogP contribution in [0.15, 0.2) is 0 Å². The lowest BCUT2D eigenvalue weighted by Gasteiger charge is -2.12. The van der Waals surface area contributed by atoms with Crippen LogP contribution in [-0.4, -0.2) is 17.4 Å².